The Bertz CT molecular complexity index is 844. The van der Waals surface area contributed by atoms with Crippen molar-refractivity contribution in [2.24, 2.45) is 0 Å². The van der Waals surface area contributed by atoms with Crippen LogP contribution in [0.15, 0.2) is 52.9 Å². The van der Waals surface area contributed by atoms with Crippen LogP contribution in [0.5, 0.6) is 0 Å². The molecular formula is C22H24N4O. The van der Waals surface area contributed by atoms with Crippen molar-refractivity contribution in [1.82, 2.24) is 10.2 Å². The monoisotopic (exact) mass is 360 g/mol. The van der Waals surface area contributed by atoms with Crippen LogP contribution in [0.2, 0.25) is 0 Å². The number of hydrogen-bond donors (Lipinski definition) is 0. The number of aromatic nitrogens is 2. The molecule has 0 saturated carbocycles. The Kier molecular flexibility index (Phi) is 5.71. The summed E-state index contributed by atoms with van der Waals surface area (Å²) < 4.78 is 5.64. The fraction of sp³-hybridized carbons (Fsp3) is 0.182. The Balaban J connectivity index is 1.63. The van der Waals surface area contributed by atoms with Crippen LogP contribution in [0.1, 0.15) is 22.9 Å². The summed E-state index contributed by atoms with van der Waals surface area (Å²) in [6.07, 6.45) is 7.56. The van der Waals surface area contributed by atoms with E-state index in [9.17, 15) is 0 Å². The molecule has 0 bridgehead atoms. The molecule has 1 aromatic heterocycles. The highest BCUT2D eigenvalue weighted by molar-refractivity contribution is 5.69. The van der Waals surface area contributed by atoms with Gasteiger partial charge in [0.1, 0.15) is 0 Å². The zero-order valence-electron chi connectivity index (χ0n) is 16.1. The molecular weight excluding hydrogens is 336 g/mol. The first-order valence-electron chi connectivity index (χ1n) is 8.76. The summed E-state index contributed by atoms with van der Waals surface area (Å²) in [6.45, 7) is 0. The summed E-state index contributed by atoms with van der Waals surface area (Å²) in [6, 6.07) is 16.5. The maximum absolute atomic E-state index is 5.64. The second-order valence-electron chi connectivity index (χ2n) is 6.62. The van der Waals surface area contributed by atoms with Gasteiger partial charge in [-0.2, -0.15) is 0 Å². The van der Waals surface area contributed by atoms with Crippen molar-refractivity contribution in [1.29, 1.82) is 0 Å². The zero-order valence-corrected chi connectivity index (χ0v) is 16.1. The van der Waals surface area contributed by atoms with Gasteiger partial charge in [-0.3, -0.25) is 0 Å². The summed E-state index contributed by atoms with van der Waals surface area (Å²) in [4.78, 5) is 4.14. The van der Waals surface area contributed by atoms with Crippen LogP contribution in [0.25, 0.3) is 24.3 Å². The largest absolute Gasteiger partial charge is 0.417 e. The molecule has 0 spiro atoms. The summed E-state index contributed by atoms with van der Waals surface area (Å²) >= 11 is 0. The Hall–Kier alpha value is -3.34. The second-order valence-corrected chi connectivity index (χ2v) is 6.62. The minimum Gasteiger partial charge on any atom is -0.417 e. The van der Waals surface area contributed by atoms with Crippen molar-refractivity contribution in [2.75, 3.05) is 38.0 Å². The molecule has 0 aliphatic heterocycles. The third-order valence-electron chi connectivity index (χ3n) is 4.11. The predicted octanol–water partition coefficient (Wildman–Crippen LogP) is 4.54. The molecule has 3 rings (SSSR count). The Morgan fingerprint density at radius 1 is 0.593 bits per heavy atom. The summed E-state index contributed by atoms with van der Waals surface area (Å²) in [7, 11) is 8.09. The molecule has 0 fully saturated rings. The number of hydrogen-bond acceptors (Lipinski definition) is 5. The fourth-order valence-corrected chi connectivity index (χ4v) is 2.48. The molecule has 0 amide bonds. The smallest absolute Gasteiger partial charge is 0.240 e. The van der Waals surface area contributed by atoms with Crippen molar-refractivity contribution in [3.63, 3.8) is 0 Å². The van der Waals surface area contributed by atoms with Gasteiger partial charge in [0, 0.05) is 51.7 Å². The highest BCUT2D eigenvalue weighted by Gasteiger charge is 2.00. The first-order chi connectivity index (χ1) is 13.0. The Morgan fingerprint density at radius 2 is 0.963 bits per heavy atom. The molecule has 0 N–H and O–H groups in total. The Labute approximate surface area is 160 Å². The molecule has 0 aliphatic rings. The number of nitrogens with zero attached hydrogens (tertiary/aromatic N) is 4. The summed E-state index contributed by atoms with van der Waals surface area (Å²) in [5.41, 5.74) is 4.49. The quantitative estimate of drug-likeness (QED) is 0.646. The van der Waals surface area contributed by atoms with Crippen LogP contribution in [-0.2, 0) is 0 Å². The minimum atomic E-state index is 0.481. The lowest BCUT2D eigenvalue weighted by Gasteiger charge is -2.11. The van der Waals surface area contributed by atoms with Gasteiger partial charge >= 0.3 is 0 Å². The minimum absolute atomic E-state index is 0.481. The van der Waals surface area contributed by atoms with Crippen molar-refractivity contribution in [3.8, 4) is 0 Å². The highest BCUT2D eigenvalue weighted by atomic mass is 16.4. The lowest BCUT2D eigenvalue weighted by molar-refractivity contribution is 0.533. The molecule has 3 aromatic rings. The van der Waals surface area contributed by atoms with Crippen molar-refractivity contribution < 1.29 is 4.42 Å². The van der Waals surface area contributed by atoms with Gasteiger partial charge in [0.2, 0.25) is 11.8 Å². The van der Waals surface area contributed by atoms with Gasteiger partial charge in [-0.05, 0) is 47.5 Å². The van der Waals surface area contributed by atoms with Crippen LogP contribution in [0.3, 0.4) is 0 Å². The van der Waals surface area contributed by atoms with E-state index in [0.29, 0.717) is 11.8 Å². The van der Waals surface area contributed by atoms with Crippen molar-refractivity contribution in [2.45, 2.75) is 0 Å². The van der Waals surface area contributed by atoms with Crippen molar-refractivity contribution >= 4 is 35.7 Å². The molecule has 27 heavy (non-hydrogen) atoms. The molecule has 2 aromatic carbocycles. The van der Waals surface area contributed by atoms with Gasteiger partial charge in [-0.25, -0.2) is 0 Å². The van der Waals surface area contributed by atoms with Gasteiger partial charge in [-0.15, -0.1) is 10.2 Å². The molecule has 138 valence electrons. The SMILES string of the molecule is CN(C)c1ccc(/C=C/c2nnc(/C=C/c3ccc(N(C)C)cc3)o2)cc1. The zero-order chi connectivity index (χ0) is 19.2. The lowest BCUT2D eigenvalue weighted by atomic mass is 10.2. The van der Waals surface area contributed by atoms with Gasteiger partial charge in [0.25, 0.3) is 0 Å². The maximum atomic E-state index is 5.64. The molecule has 0 saturated heterocycles. The number of benzene rings is 2. The van der Waals surface area contributed by atoms with Crippen LogP contribution < -0.4 is 9.80 Å². The van der Waals surface area contributed by atoms with E-state index in [4.69, 9.17) is 4.42 Å². The normalized spacial score (nSPS) is 11.4. The van der Waals surface area contributed by atoms with Crippen molar-refractivity contribution in [3.05, 3.63) is 71.4 Å². The van der Waals surface area contributed by atoms with E-state index in [0.717, 1.165) is 22.5 Å². The number of rotatable bonds is 6. The summed E-state index contributed by atoms with van der Waals surface area (Å²) in [5.74, 6) is 0.962. The lowest BCUT2D eigenvalue weighted by Crippen LogP contribution is -2.07. The van der Waals surface area contributed by atoms with Crippen LogP contribution in [-0.4, -0.2) is 38.4 Å². The third-order valence-corrected chi connectivity index (χ3v) is 4.11. The molecule has 0 radical (unpaired) electrons. The first-order valence-corrected chi connectivity index (χ1v) is 8.76. The standard InChI is InChI=1S/C22H24N4O/c1-25(2)19-11-5-17(6-12-19)9-15-21-23-24-22(27-21)16-10-18-7-13-20(14-8-18)26(3)4/h5-16H,1-4H3/b15-9+,16-10+. The maximum Gasteiger partial charge on any atom is 0.240 e. The molecule has 0 atom stereocenters. The van der Waals surface area contributed by atoms with Gasteiger partial charge in [0.15, 0.2) is 0 Å². The molecule has 0 unspecified atom stereocenters. The highest BCUT2D eigenvalue weighted by Crippen LogP contribution is 2.16. The third kappa shape index (κ3) is 5.07. The first kappa shape index (κ1) is 18.5. The molecule has 5 heteroatoms. The van der Waals surface area contributed by atoms with E-state index in [1.807, 2.05) is 52.5 Å². The van der Waals surface area contributed by atoms with Crippen LogP contribution >= 0.6 is 0 Å². The van der Waals surface area contributed by atoms with E-state index >= 15 is 0 Å². The van der Waals surface area contributed by atoms with E-state index in [1.165, 1.54) is 0 Å². The van der Waals surface area contributed by atoms with Gasteiger partial charge in [-0.1, -0.05) is 24.3 Å². The second kappa shape index (κ2) is 8.36. The average molecular weight is 360 g/mol. The van der Waals surface area contributed by atoms with Gasteiger partial charge in [0.05, 0.1) is 0 Å². The molecule has 0 aliphatic carbocycles. The molecule has 5 nitrogen and oxygen atoms in total. The predicted molar refractivity (Wildman–Crippen MR) is 114 cm³/mol. The van der Waals surface area contributed by atoms with E-state index < -0.39 is 0 Å². The van der Waals surface area contributed by atoms with E-state index in [1.54, 1.807) is 0 Å². The summed E-state index contributed by atoms with van der Waals surface area (Å²) in [5, 5.41) is 8.11. The van der Waals surface area contributed by atoms with Crippen LogP contribution in [0, 0.1) is 0 Å². The van der Waals surface area contributed by atoms with Crippen LogP contribution in [0.4, 0.5) is 11.4 Å². The molecule has 1 heterocycles. The fourth-order valence-electron chi connectivity index (χ4n) is 2.48. The van der Waals surface area contributed by atoms with Gasteiger partial charge < -0.3 is 14.2 Å². The average Bonchev–Trinajstić information content (AvgIpc) is 3.13. The topological polar surface area (TPSA) is 45.4 Å². The van der Waals surface area contributed by atoms with E-state index in [-0.39, 0.29) is 0 Å². The number of anilines is 2. The van der Waals surface area contributed by atoms with E-state index in [2.05, 4.69) is 68.5 Å². The Morgan fingerprint density at radius 3 is 1.30 bits per heavy atom.